The fraction of sp³-hybridized carbons (Fsp3) is 0.0500. The van der Waals surface area contributed by atoms with Crippen molar-refractivity contribution in [2.24, 2.45) is 0 Å². The maximum Gasteiger partial charge on any atom is 0.430 e. The summed E-state index contributed by atoms with van der Waals surface area (Å²) < 4.78 is 31.5. The van der Waals surface area contributed by atoms with Crippen LogP contribution in [0.25, 0.3) is 0 Å². The van der Waals surface area contributed by atoms with Gasteiger partial charge in [-0.25, -0.2) is 0 Å². The van der Waals surface area contributed by atoms with Crippen LogP contribution in [0.1, 0.15) is 0 Å². The van der Waals surface area contributed by atoms with Crippen molar-refractivity contribution in [2.45, 2.75) is 20.9 Å². The van der Waals surface area contributed by atoms with Gasteiger partial charge in [0.25, 0.3) is 0 Å². The minimum absolute atomic E-state index is 0.226. The quantitative estimate of drug-likeness (QED) is 0.561. The molecule has 0 bridgehead atoms. The SMILES string of the molecule is O=C([O-])C(F)(F)F.Oc1ccc([S+](c2ccc(O)cc2)c2ccc(O)cc2)cc1. The third-order valence-corrected chi connectivity index (χ3v) is 5.68. The molecule has 29 heavy (non-hydrogen) atoms. The number of aromatic hydroxyl groups is 3. The van der Waals surface area contributed by atoms with E-state index in [2.05, 4.69) is 0 Å². The first-order valence-electron chi connectivity index (χ1n) is 7.97. The van der Waals surface area contributed by atoms with E-state index in [0.29, 0.717) is 0 Å². The van der Waals surface area contributed by atoms with Crippen LogP contribution in [0, 0.1) is 0 Å². The van der Waals surface area contributed by atoms with E-state index in [4.69, 9.17) is 9.90 Å². The number of phenolic OH excluding ortho intramolecular Hbond substituents is 3. The van der Waals surface area contributed by atoms with E-state index in [1.807, 2.05) is 36.4 Å². The molecule has 0 aliphatic carbocycles. The van der Waals surface area contributed by atoms with Gasteiger partial charge in [-0.05, 0) is 72.8 Å². The summed E-state index contributed by atoms with van der Waals surface area (Å²) in [4.78, 5) is 11.9. The molecule has 0 radical (unpaired) electrons. The first kappa shape index (κ1) is 22.0. The Morgan fingerprint density at radius 1 is 0.655 bits per heavy atom. The lowest BCUT2D eigenvalue weighted by molar-refractivity contribution is -0.344. The molecule has 0 atom stereocenters. The largest absolute Gasteiger partial charge is 0.542 e. The van der Waals surface area contributed by atoms with Crippen molar-refractivity contribution in [1.82, 2.24) is 0 Å². The Bertz CT molecular complexity index is 832. The predicted octanol–water partition coefficient (Wildman–Crippen LogP) is 3.20. The summed E-state index contributed by atoms with van der Waals surface area (Å²) >= 11 is 0. The van der Waals surface area contributed by atoms with E-state index in [1.54, 1.807) is 36.4 Å². The molecule has 0 saturated carbocycles. The van der Waals surface area contributed by atoms with Gasteiger partial charge in [0.05, 0.1) is 10.9 Å². The smallest absolute Gasteiger partial charge is 0.430 e. The fourth-order valence-electron chi connectivity index (χ4n) is 2.15. The first-order valence-corrected chi connectivity index (χ1v) is 9.20. The summed E-state index contributed by atoms with van der Waals surface area (Å²) in [7, 11) is -0.373. The van der Waals surface area contributed by atoms with Gasteiger partial charge in [0.15, 0.2) is 14.7 Å². The molecule has 0 spiro atoms. The molecule has 3 N–H and O–H groups in total. The minimum atomic E-state index is -5.19. The van der Waals surface area contributed by atoms with Gasteiger partial charge in [-0.2, -0.15) is 13.2 Å². The van der Waals surface area contributed by atoms with Crippen LogP contribution < -0.4 is 5.11 Å². The Balaban J connectivity index is 0.000000370. The molecule has 3 rings (SSSR count). The standard InChI is InChI=1S/C18H14O3S.C2HF3O2/c19-13-1-7-16(8-2-13)22(17-9-3-14(20)4-10-17)18-11-5-15(21)6-12-18;3-2(4,5)1(6)7/h1-12H,(H2-,19,20,21);(H,6,7). The number of benzene rings is 3. The van der Waals surface area contributed by atoms with E-state index >= 15 is 0 Å². The van der Waals surface area contributed by atoms with E-state index in [1.165, 1.54) is 0 Å². The predicted molar refractivity (Wildman–Crippen MR) is 97.5 cm³/mol. The van der Waals surface area contributed by atoms with Gasteiger partial charge in [0.2, 0.25) is 0 Å². The molecular formula is C20H15F3O5S. The number of carbonyl (C=O) groups is 1. The minimum Gasteiger partial charge on any atom is -0.542 e. The van der Waals surface area contributed by atoms with E-state index in [-0.39, 0.29) is 28.1 Å². The highest BCUT2D eigenvalue weighted by Gasteiger charge is 2.29. The molecule has 0 amide bonds. The lowest BCUT2D eigenvalue weighted by Gasteiger charge is -2.08. The monoisotopic (exact) mass is 424 g/mol. The van der Waals surface area contributed by atoms with Crippen LogP contribution in [0.3, 0.4) is 0 Å². The Labute approximate surface area is 166 Å². The average molecular weight is 424 g/mol. The fourth-order valence-corrected chi connectivity index (χ4v) is 4.20. The third kappa shape index (κ3) is 6.35. The second-order valence-electron chi connectivity index (χ2n) is 5.57. The van der Waals surface area contributed by atoms with Crippen molar-refractivity contribution >= 4 is 16.9 Å². The zero-order valence-corrected chi connectivity index (χ0v) is 15.4. The summed E-state index contributed by atoms with van der Waals surface area (Å²) in [5, 5.41) is 37.3. The first-order chi connectivity index (χ1) is 13.6. The van der Waals surface area contributed by atoms with E-state index in [9.17, 15) is 28.5 Å². The number of carboxylic acids is 1. The van der Waals surface area contributed by atoms with Gasteiger partial charge in [0, 0.05) is 0 Å². The number of hydrogen-bond acceptors (Lipinski definition) is 5. The lowest BCUT2D eigenvalue weighted by Crippen LogP contribution is -2.37. The zero-order chi connectivity index (χ0) is 21.6. The van der Waals surface area contributed by atoms with Crippen LogP contribution >= 0.6 is 0 Å². The second kappa shape index (κ2) is 9.24. The number of aliphatic carboxylic acids is 1. The van der Waals surface area contributed by atoms with Crippen molar-refractivity contribution < 1.29 is 38.4 Å². The van der Waals surface area contributed by atoms with Gasteiger partial charge >= 0.3 is 6.18 Å². The lowest BCUT2D eigenvalue weighted by atomic mass is 10.3. The number of carbonyl (C=O) groups excluding carboxylic acids is 1. The van der Waals surface area contributed by atoms with Gasteiger partial charge in [0.1, 0.15) is 23.2 Å². The molecule has 0 aromatic heterocycles. The highest BCUT2D eigenvalue weighted by atomic mass is 32.2. The number of halogens is 3. The van der Waals surface area contributed by atoms with Crippen molar-refractivity contribution in [1.29, 1.82) is 0 Å². The van der Waals surface area contributed by atoms with Crippen LogP contribution in [0.15, 0.2) is 87.5 Å². The highest BCUT2D eigenvalue weighted by molar-refractivity contribution is 7.97. The molecule has 0 aliphatic rings. The summed E-state index contributed by atoms with van der Waals surface area (Å²) in [5.41, 5.74) is 0. The van der Waals surface area contributed by atoms with Crippen LogP contribution in [0.2, 0.25) is 0 Å². The molecule has 0 aliphatic heterocycles. The van der Waals surface area contributed by atoms with Crippen molar-refractivity contribution in [2.75, 3.05) is 0 Å². The molecule has 0 fully saturated rings. The zero-order valence-electron chi connectivity index (χ0n) is 14.6. The molecule has 3 aromatic rings. The summed E-state index contributed by atoms with van der Waals surface area (Å²) in [6.07, 6.45) is -5.19. The van der Waals surface area contributed by atoms with Gasteiger partial charge in [-0.3, -0.25) is 0 Å². The van der Waals surface area contributed by atoms with Crippen molar-refractivity contribution in [3.05, 3.63) is 72.8 Å². The molecule has 0 unspecified atom stereocenters. The molecule has 9 heteroatoms. The number of carboxylic acid groups (broad SMARTS) is 1. The molecule has 3 aromatic carbocycles. The Hall–Kier alpha value is -3.33. The number of alkyl halides is 3. The van der Waals surface area contributed by atoms with Gasteiger partial charge in [-0.15, -0.1) is 0 Å². The topological polar surface area (TPSA) is 101 Å². The normalized spacial score (nSPS) is 10.9. The summed E-state index contributed by atoms with van der Waals surface area (Å²) in [6, 6.07) is 21.3. The van der Waals surface area contributed by atoms with Crippen molar-refractivity contribution in [3.8, 4) is 17.2 Å². The summed E-state index contributed by atoms with van der Waals surface area (Å²) in [6.45, 7) is 0. The Morgan fingerprint density at radius 2 is 0.862 bits per heavy atom. The molecule has 5 nitrogen and oxygen atoms in total. The maximum absolute atomic E-state index is 10.5. The summed E-state index contributed by atoms with van der Waals surface area (Å²) in [5.74, 6) is -2.33. The number of rotatable bonds is 3. The maximum atomic E-state index is 10.5. The van der Waals surface area contributed by atoms with Crippen LogP contribution in [0.4, 0.5) is 13.2 Å². The number of hydrogen-bond donors (Lipinski definition) is 3. The molecule has 152 valence electrons. The van der Waals surface area contributed by atoms with Gasteiger partial charge in [-0.1, -0.05) is 0 Å². The van der Waals surface area contributed by atoms with Crippen LogP contribution in [-0.2, 0) is 15.7 Å². The highest BCUT2D eigenvalue weighted by Crippen LogP contribution is 2.33. The van der Waals surface area contributed by atoms with Crippen LogP contribution in [0.5, 0.6) is 17.2 Å². The van der Waals surface area contributed by atoms with Gasteiger partial charge < -0.3 is 25.2 Å². The Kier molecular flexibility index (Phi) is 7.00. The second-order valence-corrected chi connectivity index (χ2v) is 7.60. The average Bonchev–Trinajstić information content (AvgIpc) is 2.66. The Morgan fingerprint density at radius 3 is 1.03 bits per heavy atom. The van der Waals surface area contributed by atoms with E-state index < -0.39 is 12.1 Å². The molecule has 0 heterocycles. The molecular weight excluding hydrogens is 409 g/mol. The van der Waals surface area contributed by atoms with Crippen LogP contribution in [-0.4, -0.2) is 27.5 Å². The third-order valence-electron chi connectivity index (χ3n) is 3.45. The molecule has 0 saturated heterocycles. The number of phenols is 3. The van der Waals surface area contributed by atoms with Crippen molar-refractivity contribution in [3.63, 3.8) is 0 Å². The van der Waals surface area contributed by atoms with E-state index in [0.717, 1.165) is 14.7 Å².